The highest BCUT2D eigenvalue weighted by Crippen LogP contribution is 2.34. The van der Waals surface area contributed by atoms with Crippen molar-refractivity contribution in [1.29, 1.82) is 0 Å². The van der Waals surface area contributed by atoms with Gasteiger partial charge in [-0.25, -0.2) is 8.42 Å². The van der Waals surface area contributed by atoms with Gasteiger partial charge in [-0.3, -0.25) is 4.79 Å². The van der Waals surface area contributed by atoms with Crippen LogP contribution in [0.15, 0.2) is 65.6 Å². The fourth-order valence-electron chi connectivity index (χ4n) is 4.45. The molecule has 1 saturated heterocycles. The van der Waals surface area contributed by atoms with E-state index in [2.05, 4.69) is 10.6 Å². The maximum absolute atomic E-state index is 13.4. The Kier molecular flexibility index (Phi) is 4.34. The van der Waals surface area contributed by atoms with Crippen molar-refractivity contribution >= 4 is 32.4 Å². The number of nitrogens with one attached hydrogen (secondary N) is 2. The lowest BCUT2D eigenvalue weighted by atomic mass is 9.93. The van der Waals surface area contributed by atoms with Gasteiger partial charge in [0.2, 0.25) is 10.0 Å². The number of nitrogens with zero attached hydrogens (tertiary/aromatic N) is 1. The third-order valence-corrected chi connectivity index (χ3v) is 8.05. The number of hydrogen-bond acceptors (Lipinski definition) is 4. The third-order valence-electron chi connectivity index (χ3n) is 6.09. The third kappa shape index (κ3) is 3.05. The van der Waals surface area contributed by atoms with Crippen LogP contribution in [-0.2, 0) is 10.0 Å². The number of piperidine rings is 1. The van der Waals surface area contributed by atoms with Crippen molar-refractivity contribution < 1.29 is 13.2 Å². The largest absolute Gasteiger partial charge is 0.362 e. The van der Waals surface area contributed by atoms with Crippen molar-refractivity contribution in [2.45, 2.75) is 30.3 Å². The Morgan fingerprint density at radius 1 is 0.933 bits per heavy atom. The van der Waals surface area contributed by atoms with Gasteiger partial charge in [-0.05, 0) is 30.5 Å². The van der Waals surface area contributed by atoms with Crippen LogP contribution in [0.25, 0.3) is 10.8 Å². The standard InChI is InChI=1S/C23H23N3O3S/c1-16-9-10-20-19(15-16)22(27)25-23(24-20)11-13-26(14-12-23)30(28,29)21-8-4-6-17-5-2-3-7-18(17)21/h2-10,15,24H,11-14H2,1H3,(H,25,27). The molecule has 2 N–H and O–H groups in total. The summed E-state index contributed by atoms with van der Waals surface area (Å²) >= 11 is 0. The van der Waals surface area contributed by atoms with E-state index >= 15 is 0 Å². The first-order chi connectivity index (χ1) is 14.4. The summed E-state index contributed by atoms with van der Waals surface area (Å²) < 4.78 is 28.3. The van der Waals surface area contributed by atoms with Gasteiger partial charge in [0.05, 0.1) is 10.5 Å². The van der Waals surface area contributed by atoms with Crippen LogP contribution >= 0.6 is 0 Å². The summed E-state index contributed by atoms with van der Waals surface area (Å²) in [6.07, 6.45) is 0.992. The fourth-order valence-corrected chi connectivity index (χ4v) is 6.10. The number of amides is 1. The van der Waals surface area contributed by atoms with Gasteiger partial charge in [-0.2, -0.15) is 4.31 Å². The maximum atomic E-state index is 13.4. The Hall–Kier alpha value is -2.90. The van der Waals surface area contributed by atoms with Crippen LogP contribution in [-0.4, -0.2) is 37.4 Å². The molecule has 0 radical (unpaired) electrons. The molecule has 0 aromatic heterocycles. The van der Waals surface area contributed by atoms with Gasteiger partial charge in [0.25, 0.3) is 5.91 Å². The highest BCUT2D eigenvalue weighted by Gasteiger charge is 2.42. The van der Waals surface area contributed by atoms with Crippen molar-refractivity contribution in [3.05, 3.63) is 71.8 Å². The molecule has 1 spiro atoms. The van der Waals surface area contributed by atoms with Crippen LogP contribution in [0.3, 0.4) is 0 Å². The zero-order valence-electron chi connectivity index (χ0n) is 16.7. The van der Waals surface area contributed by atoms with Crippen LogP contribution in [0.4, 0.5) is 5.69 Å². The SMILES string of the molecule is Cc1ccc2c(c1)C(=O)NC1(CCN(S(=O)(=O)c3cccc4ccccc34)CC1)N2. The number of sulfonamides is 1. The smallest absolute Gasteiger partial charge is 0.255 e. The Bertz CT molecular complexity index is 1260. The number of fused-ring (bicyclic) bond motifs is 2. The van der Waals surface area contributed by atoms with E-state index in [0.29, 0.717) is 36.4 Å². The van der Waals surface area contributed by atoms with Crippen LogP contribution in [0.2, 0.25) is 0 Å². The van der Waals surface area contributed by atoms with Crippen molar-refractivity contribution in [1.82, 2.24) is 9.62 Å². The molecular weight excluding hydrogens is 398 g/mol. The summed E-state index contributed by atoms with van der Waals surface area (Å²) in [5, 5.41) is 8.18. The lowest BCUT2D eigenvalue weighted by Gasteiger charge is -2.45. The number of anilines is 1. The monoisotopic (exact) mass is 421 g/mol. The summed E-state index contributed by atoms with van der Waals surface area (Å²) in [7, 11) is -3.63. The lowest BCUT2D eigenvalue weighted by molar-refractivity contribution is 0.0865. The molecular formula is C23H23N3O3S. The number of benzene rings is 3. The molecule has 0 aliphatic carbocycles. The zero-order valence-corrected chi connectivity index (χ0v) is 17.5. The van der Waals surface area contributed by atoms with Crippen LogP contribution in [0.5, 0.6) is 0 Å². The Morgan fingerprint density at radius 3 is 2.47 bits per heavy atom. The van der Waals surface area contributed by atoms with E-state index in [1.807, 2.05) is 55.5 Å². The molecule has 0 atom stereocenters. The molecule has 3 aromatic carbocycles. The highest BCUT2D eigenvalue weighted by atomic mass is 32.2. The van der Waals surface area contributed by atoms with Crippen LogP contribution < -0.4 is 10.6 Å². The molecule has 2 heterocycles. The van der Waals surface area contributed by atoms with Gasteiger partial charge in [0.1, 0.15) is 5.66 Å². The molecule has 2 aliphatic rings. The van der Waals surface area contributed by atoms with Gasteiger partial charge in [-0.1, -0.05) is 48.0 Å². The maximum Gasteiger partial charge on any atom is 0.255 e. The molecule has 7 heteroatoms. The van der Waals surface area contributed by atoms with E-state index in [1.54, 1.807) is 12.1 Å². The summed E-state index contributed by atoms with van der Waals surface area (Å²) in [5.74, 6) is -0.113. The minimum absolute atomic E-state index is 0.113. The van der Waals surface area contributed by atoms with E-state index < -0.39 is 15.7 Å². The number of aryl methyl sites for hydroxylation is 1. The molecule has 154 valence electrons. The average molecular weight is 422 g/mol. The van der Waals surface area contributed by atoms with Gasteiger partial charge in [0, 0.05) is 37.0 Å². The number of hydrogen-bond donors (Lipinski definition) is 2. The molecule has 30 heavy (non-hydrogen) atoms. The topological polar surface area (TPSA) is 78.5 Å². The van der Waals surface area contributed by atoms with E-state index in [-0.39, 0.29) is 5.91 Å². The van der Waals surface area contributed by atoms with Gasteiger partial charge in [0.15, 0.2) is 0 Å². The first-order valence-electron chi connectivity index (χ1n) is 10.1. The van der Waals surface area contributed by atoms with Gasteiger partial charge < -0.3 is 10.6 Å². The van der Waals surface area contributed by atoms with E-state index in [1.165, 1.54) is 4.31 Å². The average Bonchev–Trinajstić information content (AvgIpc) is 2.74. The molecule has 0 bridgehead atoms. The Balaban J connectivity index is 1.41. The first-order valence-corrected chi connectivity index (χ1v) is 11.5. The summed E-state index contributed by atoms with van der Waals surface area (Å²) in [6.45, 7) is 2.62. The second kappa shape index (κ2) is 6.82. The highest BCUT2D eigenvalue weighted by molar-refractivity contribution is 7.89. The summed E-state index contributed by atoms with van der Waals surface area (Å²) in [5.41, 5.74) is 1.84. The minimum atomic E-state index is -3.63. The first kappa shape index (κ1) is 19.1. The normalized spacial score (nSPS) is 18.6. The summed E-state index contributed by atoms with van der Waals surface area (Å²) in [4.78, 5) is 13.0. The quantitative estimate of drug-likeness (QED) is 0.664. The molecule has 2 aliphatic heterocycles. The molecule has 6 nitrogen and oxygen atoms in total. The molecule has 0 unspecified atom stereocenters. The fraction of sp³-hybridized carbons (Fsp3) is 0.261. The van der Waals surface area contributed by atoms with Crippen LogP contribution in [0, 0.1) is 6.92 Å². The summed E-state index contributed by atoms with van der Waals surface area (Å²) in [6, 6.07) is 18.6. The predicted octanol–water partition coefficient (Wildman–Crippen LogP) is 3.48. The van der Waals surface area contributed by atoms with Crippen molar-refractivity contribution in [3.63, 3.8) is 0 Å². The molecule has 5 rings (SSSR count). The van der Waals surface area contributed by atoms with Crippen molar-refractivity contribution in [2.24, 2.45) is 0 Å². The molecule has 1 fully saturated rings. The minimum Gasteiger partial charge on any atom is -0.362 e. The number of carbonyl (C=O) groups excluding carboxylic acids is 1. The van der Waals surface area contributed by atoms with Crippen molar-refractivity contribution in [2.75, 3.05) is 18.4 Å². The van der Waals surface area contributed by atoms with Crippen LogP contribution in [0.1, 0.15) is 28.8 Å². The second-order valence-electron chi connectivity index (χ2n) is 8.09. The van der Waals surface area contributed by atoms with E-state index in [4.69, 9.17) is 0 Å². The molecule has 0 saturated carbocycles. The molecule has 1 amide bonds. The lowest BCUT2D eigenvalue weighted by Crippen LogP contribution is -2.62. The Morgan fingerprint density at radius 2 is 1.67 bits per heavy atom. The predicted molar refractivity (Wildman–Crippen MR) is 117 cm³/mol. The molecule has 3 aromatic rings. The zero-order chi connectivity index (χ0) is 20.9. The van der Waals surface area contributed by atoms with E-state index in [0.717, 1.165) is 22.0 Å². The van der Waals surface area contributed by atoms with E-state index in [9.17, 15) is 13.2 Å². The van der Waals surface area contributed by atoms with Gasteiger partial charge in [-0.15, -0.1) is 0 Å². The Labute approximate surface area is 175 Å². The second-order valence-corrected chi connectivity index (χ2v) is 10.00. The number of rotatable bonds is 2. The van der Waals surface area contributed by atoms with Gasteiger partial charge >= 0.3 is 0 Å². The van der Waals surface area contributed by atoms with Crippen molar-refractivity contribution in [3.8, 4) is 0 Å². The number of carbonyl (C=O) groups is 1.